The lowest BCUT2D eigenvalue weighted by molar-refractivity contribution is -0.137. The highest BCUT2D eigenvalue weighted by atomic mass is 28.4. The average Bonchev–Trinajstić information content (AvgIpc) is 3.18. The van der Waals surface area contributed by atoms with Gasteiger partial charge in [-0.15, -0.1) is 0 Å². The van der Waals surface area contributed by atoms with E-state index in [1.54, 1.807) is 6.08 Å². The van der Waals surface area contributed by atoms with Gasteiger partial charge >= 0.3 is 5.97 Å². The highest BCUT2D eigenvalue weighted by Gasteiger charge is 2.60. The molecule has 0 radical (unpaired) electrons. The first-order valence-electron chi connectivity index (χ1n) is 16.2. The van der Waals surface area contributed by atoms with Crippen LogP contribution in [0.15, 0.2) is 12.2 Å². The molecular weight excluding hydrogens is 484 g/mol. The summed E-state index contributed by atoms with van der Waals surface area (Å²) in [5, 5.41) is 0.298. The number of allylic oxidation sites excluding steroid dienone is 1. The van der Waals surface area contributed by atoms with Crippen molar-refractivity contribution in [3.8, 4) is 0 Å². The van der Waals surface area contributed by atoms with Crippen molar-refractivity contribution in [1.29, 1.82) is 0 Å². The van der Waals surface area contributed by atoms with Crippen LogP contribution in [0.4, 0.5) is 0 Å². The van der Waals surface area contributed by atoms with Crippen molar-refractivity contribution in [1.82, 2.24) is 0 Å². The third-order valence-electron chi connectivity index (χ3n) is 13.0. The normalized spacial score (nSPS) is 40.3. The second-order valence-corrected chi connectivity index (χ2v) is 20.6. The van der Waals surface area contributed by atoms with Gasteiger partial charge in [0.15, 0.2) is 8.32 Å². The van der Waals surface area contributed by atoms with E-state index in [0.29, 0.717) is 28.6 Å². The van der Waals surface area contributed by atoms with Crippen LogP contribution in [0.2, 0.25) is 18.1 Å². The fourth-order valence-electron chi connectivity index (χ4n) is 9.82. The molecule has 0 N–H and O–H groups in total. The third kappa shape index (κ3) is 5.74. The van der Waals surface area contributed by atoms with Crippen molar-refractivity contribution >= 4 is 14.3 Å². The number of hydrogen-bond donors (Lipinski definition) is 0. The van der Waals surface area contributed by atoms with Crippen LogP contribution in [0.3, 0.4) is 0 Å². The number of fused-ring (bicyclic) bond motifs is 5. The zero-order valence-electron chi connectivity index (χ0n) is 26.4. The Morgan fingerprint density at radius 1 is 1.00 bits per heavy atom. The van der Waals surface area contributed by atoms with E-state index >= 15 is 0 Å². The molecule has 3 nitrogen and oxygen atoms in total. The molecule has 0 bridgehead atoms. The summed E-state index contributed by atoms with van der Waals surface area (Å²) in [5.41, 5.74) is 1.04. The molecule has 1 unspecified atom stereocenters. The maximum absolute atomic E-state index is 11.6. The predicted octanol–water partition coefficient (Wildman–Crippen LogP) is 9.57. The van der Waals surface area contributed by atoms with Gasteiger partial charge in [0.25, 0.3) is 0 Å². The van der Waals surface area contributed by atoms with Crippen molar-refractivity contribution in [3.63, 3.8) is 0 Å². The molecule has 0 aromatic carbocycles. The van der Waals surface area contributed by atoms with Gasteiger partial charge in [-0.1, -0.05) is 47.6 Å². The topological polar surface area (TPSA) is 35.5 Å². The summed E-state index contributed by atoms with van der Waals surface area (Å²) < 4.78 is 12.0. The molecule has 0 aliphatic heterocycles. The number of hydrogen-bond acceptors (Lipinski definition) is 3. The highest BCUT2D eigenvalue weighted by Crippen LogP contribution is 2.68. The molecular formula is C34H60O3Si. The van der Waals surface area contributed by atoms with E-state index < -0.39 is 8.32 Å². The van der Waals surface area contributed by atoms with E-state index in [4.69, 9.17) is 9.16 Å². The Labute approximate surface area is 236 Å². The number of carbonyl (C=O) groups excluding carboxylic acids is 1. The van der Waals surface area contributed by atoms with E-state index in [-0.39, 0.29) is 5.97 Å². The van der Waals surface area contributed by atoms with Crippen LogP contribution >= 0.6 is 0 Å². The van der Waals surface area contributed by atoms with Crippen molar-refractivity contribution in [3.05, 3.63) is 12.2 Å². The molecule has 4 fully saturated rings. The average molecular weight is 545 g/mol. The van der Waals surface area contributed by atoms with Gasteiger partial charge in [0.1, 0.15) is 0 Å². The smallest absolute Gasteiger partial charge is 0.330 e. The van der Waals surface area contributed by atoms with Crippen LogP contribution in [0.25, 0.3) is 0 Å². The first-order chi connectivity index (χ1) is 17.7. The van der Waals surface area contributed by atoms with Gasteiger partial charge in [-0.3, -0.25) is 0 Å². The highest BCUT2D eigenvalue weighted by molar-refractivity contribution is 6.74. The summed E-state index contributed by atoms with van der Waals surface area (Å²) in [6, 6.07) is 0. The van der Waals surface area contributed by atoms with Crippen LogP contribution < -0.4 is 0 Å². The van der Waals surface area contributed by atoms with Crippen LogP contribution in [-0.4, -0.2) is 27.0 Å². The van der Waals surface area contributed by atoms with E-state index in [1.807, 2.05) is 13.0 Å². The zero-order valence-corrected chi connectivity index (χ0v) is 27.4. The quantitative estimate of drug-likeness (QED) is 0.173. The Hall–Kier alpha value is -0.613. The molecule has 38 heavy (non-hydrogen) atoms. The first kappa shape index (κ1) is 30.3. The molecule has 0 heterocycles. The van der Waals surface area contributed by atoms with E-state index in [9.17, 15) is 4.79 Å². The predicted molar refractivity (Wildman–Crippen MR) is 161 cm³/mol. The van der Waals surface area contributed by atoms with Gasteiger partial charge in [-0.2, -0.15) is 0 Å². The van der Waals surface area contributed by atoms with Crippen LogP contribution in [0.1, 0.15) is 119 Å². The molecule has 4 rings (SSSR count). The summed E-state index contributed by atoms with van der Waals surface area (Å²) in [5.74, 6) is 5.01. The maximum atomic E-state index is 11.6. The second kappa shape index (κ2) is 11.3. The van der Waals surface area contributed by atoms with E-state index in [0.717, 1.165) is 41.9 Å². The second-order valence-electron chi connectivity index (χ2n) is 15.9. The molecule has 218 valence electrons. The van der Waals surface area contributed by atoms with E-state index in [1.165, 1.54) is 64.2 Å². The summed E-state index contributed by atoms with van der Waals surface area (Å²) in [6.07, 6.45) is 18.9. The third-order valence-corrected chi connectivity index (χ3v) is 17.5. The fourth-order valence-corrected chi connectivity index (χ4v) is 11.2. The van der Waals surface area contributed by atoms with Crippen molar-refractivity contribution in [2.75, 3.05) is 6.61 Å². The van der Waals surface area contributed by atoms with Crippen molar-refractivity contribution in [2.45, 2.75) is 143 Å². The molecule has 0 amide bonds. The van der Waals surface area contributed by atoms with Crippen molar-refractivity contribution in [2.24, 2.45) is 46.3 Å². The zero-order chi connectivity index (χ0) is 27.9. The fraction of sp³-hybridized carbons (Fsp3) is 0.912. The minimum absolute atomic E-state index is 0.198. The maximum Gasteiger partial charge on any atom is 0.330 e. The molecule has 4 heteroatoms. The largest absolute Gasteiger partial charge is 0.463 e. The van der Waals surface area contributed by atoms with Gasteiger partial charge in [-0.25, -0.2) is 4.79 Å². The summed E-state index contributed by atoms with van der Waals surface area (Å²) in [6.45, 7) is 22.2. The number of ether oxygens (including phenoxy) is 1. The Kier molecular flexibility index (Phi) is 9.06. The summed E-state index contributed by atoms with van der Waals surface area (Å²) in [4.78, 5) is 11.6. The summed E-state index contributed by atoms with van der Waals surface area (Å²) >= 11 is 0. The van der Waals surface area contributed by atoms with Gasteiger partial charge in [0, 0.05) is 12.2 Å². The van der Waals surface area contributed by atoms with E-state index in [2.05, 4.69) is 54.6 Å². The number of rotatable bonds is 8. The molecule has 0 saturated heterocycles. The lowest BCUT2D eigenvalue weighted by Gasteiger charge is -2.61. The summed E-state index contributed by atoms with van der Waals surface area (Å²) in [7, 11) is -1.70. The minimum atomic E-state index is -1.70. The van der Waals surface area contributed by atoms with Crippen LogP contribution in [-0.2, 0) is 14.0 Å². The molecule has 0 aromatic heterocycles. The lowest BCUT2D eigenvalue weighted by atomic mass is 9.44. The lowest BCUT2D eigenvalue weighted by Crippen LogP contribution is -2.55. The molecule has 9 atom stereocenters. The SMILES string of the molecule is CCOC(=O)/C=C/CC[C@@H](C)[C@H]1CC[C@H]2[C@@H]3CC[C@@H]4CC(O[Si](C)(C)C(C)(C)C)CC[C@]4(C)[C@H]3CC[C@]12C. The van der Waals surface area contributed by atoms with Crippen molar-refractivity contribution < 1.29 is 14.0 Å². The Balaban J connectivity index is 1.37. The monoisotopic (exact) mass is 544 g/mol. The number of carbonyl (C=O) groups is 1. The molecule has 4 saturated carbocycles. The number of esters is 1. The Morgan fingerprint density at radius 2 is 1.68 bits per heavy atom. The van der Waals surface area contributed by atoms with Gasteiger partial charge in [0.2, 0.25) is 0 Å². The first-order valence-corrected chi connectivity index (χ1v) is 19.1. The Bertz CT molecular complexity index is 858. The van der Waals surface area contributed by atoms with Crippen LogP contribution in [0, 0.1) is 46.3 Å². The van der Waals surface area contributed by atoms with Crippen LogP contribution in [0.5, 0.6) is 0 Å². The van der Waals surface area contributed by atoms with Gasteiger partial charge in [0.05, 0.1) is 6.61 Å². The van der Waals surface area contributed by atoms with Gasteiger partial charge < -0.3 is 9.16 Å². The molecule has 4 aliphatic carbocycles. The standard InChI is InChI=1S/C34H60O3Si/c1-10-36-31(35)14-12-11-13-24(2)28-17-18-29-27-16-15-25-23-26(37-38(8,9)32(3,4)5)19-21-33(25,6)30(27)20-22-34(28,29)7/h12,14,24-30H,10-11,13,15-23H2,1-9H3/b14-12+/t24-,25-,26?,27+,28-,29+,30+,33+,34-/m1/s1. The molecule has 0 spiro atoms. The Morgan fingerprint density at radius 3 is 2.37 bits per heavy atom. The molecule has 4 aliphatic rings. The minimum Gasteiger partial charge on any atom is -0.463 e. The van der Waals surface area contributed by atoms with Gasteiger partial charge in [-0.05, 0) is 142 Å². The molecule has 0 aromatic rings.